The van der Waals surface area contributed by atoms with Gasteiger partial charge >= 0.3 is 0 Å². The van der Waals surface area contributed by atoms with Gasteiger partial charge in [-0.05, 0) is 27.2 Å². The van der Waals surface area contributed by atoms with Gasteiger partial charge in [0, 0.05) is 21.6 Å². The molecule has 2 unspecified atom stereocenters. The minimum atomic E-state index is -0.0496. The molecule has 0 saturated heterocycles. The SMILES string of the molecule is CC(C)NC(C)CC(C)(C)OP. The van der Waals surface area contributed by atoms with E-state index in [0.717, 1.165) is 6.42 Å². The molecule has 0 rings (SSSR count). The number of rotatable bonds is 5. The maximum Gasteiger partial charge on any atom is 0.0676 e. The van der Waals surface area contributed by atoms with Gasteiger partial charge in [-0.2, -0.15) is 0 Å². The Labute approximate surface area is 78.7 Å². The first-order valence-electron chi connectivity index (χ1n) is 4.51. The highest BCUT2D eigenvalue weighted by atomic mass is 31.0. The predicted molar refractivity (Wildman–Crippen MR) is 57.2 cm³/mol. The molecule has 0 aliphatic heterocycles. The lowest BCUT2D eigenvalue weighted by Gasteiger charge is -2.27. The van der Waals surface area contributed by atoms with Crippen LogP contribution in [0.25, 0.3) is 0 Å². The highest BCUT2D eigenvalue weighted by molar-refractivity contribution is 7.09. The Morgan fingerprint density at radius 3 is 2.17 bits per heavy atom. The van der Waals surface area contributed by atoms with Crippen LogP contribution in [0, 0.1) is 0 Å². The molecule has 0 aromatic heterocycles. The normalized spacial score (nSPS) is 15.2. The molecule has 3 heteroatoms. The van der Waals surface area contributed by atoms with E-state index in [1.165, 1.54) is 0 Å². The molecule has 0 amide bonds. The standard InChI is InChI=1S/C9H22NOP/c1-7(2)10-8(3)6-9(4,5)11-12/h7-8,10H,6,12H2,1-5H3. The van der Waals surface area contributed by atoms with Crippen LogP contribution in [0.15, 0.2) is 0 Å². The van der Waals surface area contributed by atoms with Crippen molar-refractivity contribution in [2.45, 2.75) is 58.7 Å². The van der Waals surface area contributed by atoms with Crippen molar-refractivity contribution in [1.82, 2.24) is 5.32 Å². The monoisotopic (exact) mass is 191 g/mol. The highest BCUT2D eigenvalue weighted by Crippen LogP contribution is 2.19. The molecule has 2 nitrogen and oxygen atoms in total. The maximum absolute atomic E-state index is 5.27. The van der Waals surface area contributed by atoms with Gasteiger partial charge in [0.2, 0.25) is 0 Å². The molecule has 0 spiro atoms. The Morgan fingerprint density at radius 1 is 1.33 bits per heavy atom. The molecular formula is C9H22NOP. The molecule has 0 aromatic rings. The second kappa shape index (κ2) is 5.16. The fourth-order valence-corrected chi connectivity index (χ4v) is 1.51. The van der Waals surface area contributed by atoms with Gasteiger partial charge in [0.1, 0.15) is 0 Å². The largest absolute Gasteiger partial charge is 0.360 e. The first-order valence-corrected chi connectivity index (χ1v) is 4.98. The van der Waals surface area contributed by atoms with Crippen molar-refractivity contribution in [3.8, 4) is 0 Å². The maximum atomic E-state index is 5.27. The molecular weight excluding hydrogens is 169 g/mol. The van der Waals surface area contributed by atoms with E-state index in [-0.39, 0.29) is 5.60 Å². The average Bonchev–Trinajstić information content (AvgIpc) is 1.84. The van der Waals surface area contributed by atoms with Gasteiger partial charge in [0.15, 0.2) is 0 Å². The van der Waals surface area contributed by atoms with Gasteiger partial charge in [-0.25, -0.2) is 0 Å². The number of hydrogen-bond donors (Lipinski definition) is 1. The summed E-state index contributed by atoms with van der Waals surface area (Å²) in [6.07, 6.45) is 1.02. The van der Waals surface area contributed by atoms with Crippen molar-refractivity contribution in [2.75, 3.05) is 0 Å². The quantitative estimate of drug-likeness (QED) is 0.673. The summed E-state index contributed by atoms with van der Waals surface area (Å²) < 4.78 is 5.27. The van der Waals surface area contributed by atoms with Crippen molar-refractivity contribution in [2.24, 2.45) is 0 Å². The van der Waals surface area contributed by atoms with Gasteiger partial charge in [-0.1, -0.05) is 13.8 Å². The van der Waals surface area contributed by atoms with Crippen LogP contribution in [0.4, 0.5) is 0 Å². The molecule has 0 heterocycles. The van der Waals surface area contributed by atoms with Gasteiger partial charge in [0.05, 0.1) is 5.60 Å². The lowest BCUT2D eigenvalue weighted by Crippen LogP contribution is -2.38. The summed E-state index contributed by atoms with van der Waals surface area (Å²) in [6.45, 7) is 10.7. The Hall–Kier alpha value is 0.350. The molecule has 0 aliphatic rings. The summed E-state index contributed by atoms with van der Waals surface area (Å²) in [6, 6.07) is 1.04. The third-order valence-electron chi connectivity index (χ3n) is 1.73. The van der Waals surface area contributed by atoms with Crippen LogP contribution in [0.3, 0.4) is 0 Å². The van der Waals surface area contributed by atoms with E-state index >= 15 is 0 Å². The van der Waals surface area contributed by atoms with E-state index in [1.807, 2.05) is 0 Å². The summed E-state index contributed by atoms with van der Waals surface area (Å²) in [7, 11) is 2.33. The lowest BCUT2D eigenvalue weighted by atomic mass is 10.00. The lowest BCUT2D eigenvalue weighted by molar-refractivity contribution is 0.113. The molecule has 12 heavy (non-hydrogen) atoms. The van der Waals surface area contributed by atoms with Crippen LogP contribution in [-0.4, -0.2) is 17.7 Å². The fraction of sp³-hybridized carbons (Fsp3) is 1.00. The average molecular weight is 191 g/mol. The summed E-state index contributed by atoms with van der Waals surface area (Å²) >= 11 is 0. The van der Waals surface area contributed by atoms with Crippen molar-refractivity contribution < 1.29 is 4.52 Å². The summed E-state index contributed by atoms with van der Waals surface area (Å²) in [5.74, 6) is 0. The summed E-state index contributed by atoms with van der Waals surface area (Å²) in [5, 5.41) is 3.44. The van der Waals surface area contributed by atoms with Crippen LogP contribution < -0.4 is 5.32 Å². The van der Waals surface area contributed by atoms with Crippen molar-refractivity contribution in [3.63, 3.8) is 0 Å². The van der Waals surface area contributed by atoms with Crippen LogP contribution >= 0.6 is 9.47 Å². The Bertz CT molecular complexity index is 126. The van der Waals surface area contributed by atoms with Crippen molar-refractivity contribution in [1.29, 1.82) is 0 Å². The zero-order valence-electron chi connectivity index (χ0n) is 8.85. The minimum absolute atomic E-state index is 0.0496. The molecule has 1 N–H and O–H groups in total. The fourth-order valence-electron chi connectivity index (χ4n) is 1.41. The molecule has 0 saturated carbocycles. The van der Waals surface area contributed by atoms with Gasteiger partial charge < -0.3 is 9.84 Å². The van der Waals surface area contributed by atoms with E-state index in [4.69, 9.17) is 4.52 Å². The van der Waals surface area contributed by atoms with Crippen LogP contribution in [0.2, 0.25) is 0 Å². The van der Waals surface area contributed by atoms with Crippen molar-refractivity contribution >= 4 is 9.47 Å². The topological polar surface area (TPSA) is 21.3 Å². The number of nitrogens with one attached hydrogen (secondary N) is 1. The smallest absolute Gasteiger partial charge is 0.0676 e. The minimum Gasteiger partial charge on any atom is -0.360 e. The first kappa shape index (κ1) is 12.3. The molecule has 0 radical (unpaired) electrons. The van der Waals surface area contributed by atoms with Gasteiger partial charge in [0.25, 0.3) is 0 Å². The first-order chi connectivity index (χ1) is 5.37. The predicted octanol–water partition coefficient (Wildman–Crippen LogP) is 2.35. The molecule has 0 aliphatic carbocycles. The highest BCUT2D eigenvalue weighted by Gasteiger charge is 2.20. The zero-order valence-corrected chi connectivity index (χ0v) is 10.0. The summed E-state index contributed by atoms with van der Waals surface area (Å²) in [5.41, 5.74) is -0.0496. The summed E-state index contributed by atoms with van der Waals surface area (Å²) in [4.78, 5) is 0. The molecule has 0 aromatic carbocycles. The van der Waals surface area contributed by atoms with Crippen LogP contribution in [0.1, 0.15) is 41.0 Å². The Morgan fingerprint density at radius 2 is 1.83 bits per heavy atom. The van der Waals surface area contributed by atoms with Gasteiger partial charge in [-0.15, -0.1) is 0 Å². The van der Waals surface area contributed by atoms with E-state index in [1.54, 1.807) is 0 Å². The van der Waals surface area contributed by atoms with Crippen LogP contribution in [0.5, 0.6) is 0 Å². The zero-order chi connectivity index (χ0) is 9.78. The van der Waals surface area contributed by atoms with Crippen molar-refractivity contribution in [3.05, 3.63) is 0 Å². The Balaban J connectivity index is 3.75. The van der Waals surface area contributed by atoms with E-state index in [2.05, 4.69) is 49.4 Å². The van der Waals surface area contributed by atoms with E-state index in [0.29, 0.717) is 12.1 Å². The van der Waals surface area contributed by atoms with E-state index < -0.39 is 0 Å². The number of hydrogen-bond acceptors (Lipinski definition) is 2. The van der Waals surface area contributed by atoms with Gasteiger partial charge in [-0.3, -0.25) is 0 Å². The molecule has 2 atom stereocenters. The third-order valence-corrected chi connectivity index (χ3v) is 2.37. The second-order valence-electron chi connectivity index (χ2n) is 4.30. The molecule has 0 bridgehead atoms. The third kappa shape index (κ3) is 5.93. The molecule has 0 fully saturated rings. The Kier molecular flexibility index (Phi) is 5.31. The molecule has 74 valence electrons. The second-order valence-corrected chi connectivity index (χ2v) is 4.54. The van der Waals surface area contributed by atoms with Crippen LogP contribution in [-0.2, 0) is 4.52 Å². The van der Waals surface area contributed by atoms with E-state index in [9.17, 15) is 0 Å².